The Morgan fingerprint density at radius 1 is 1.31 bits per heavy atom. The molecule has 3 rings (SSSR count). The maximum atomic E-state index is 10.2. The molecule has 0 spiro atoms. The van der Waals surface area contributed by atoms with E-state index < -0.39 is 0 Å². The molecule has 0 saturated heterocycles. The summed E-state index contributed by atoms with van der Waals surface area (Å²) in [7, 11) is 3.27. The Morgan fingerprint density at radius 3 is 2.85 bits per heavy atom. The van der Waals surface area contributed by atoms with E-state index in [4.69, 9.17) is 10.5 Å². The zero-order valence-electron chi connectivity index (χ0n) is 14.9. The van der Waals surface area contributed by atoms with Gasteiger partial charge in [-0.3, -0.25) is 0 Å². The van der Waals surface area contributed by atoms with Crippen molar-refractivity contribution in [2.24, 2.45) is 12.8 Å². The smallest absolute Gasteiger partial charge is 0.226 e. The van der Waals surface area contributed by atoms with Crippen molar-refractivity contribution in [3.63, 3.8) is 0 Å². The molecular formula is C16H22N8O2. The second-order valence-electron chi connectivity index (χ2n) is 5.96. The molecule has 0 fully saturated rings. The Morgan fingerprint density at radius 2 is 2.12 bits per heavy atom. The van der Waals surface area contributed by atoms with Crippen LogP contribution < -0.4 is 21.1 Å². The van der Waals surface area contributed by atoms with Gasteiger partial charge >= 0.3 is 0 Å². The van der Waals surface area contributed by atoms with Gasteiger partial charge in [-0.05, 0) is 13.0 Å². The highest BCUT2D eigenvalue weighted by atomic mass is 16.5. The number of ether oxygens (including phenoxy) is 1. The van der Waals surface area contributed by atoms with Gasteiger partial charge in [0.05, 0.1) is 7.11 Å². The molecule has 5 N–H and O–H groups in total. The van der Waals surface area contributed by atoms with E-state index in [2.05, 4.69) is 30.9 Å². The van der Waals surface area contributed by atoms with Crippen LogP contribution in [0.4, 0.5) is 11.8 Å². The highest BCUT2D eigenvalue weighted by Gasteiger charge is 2.14. The molecule has 1 aromatic carbocycles. The molecule has 10 nitrogen and oxygen atoms in total. The van der Waals surface area contributed by atoms with Gasteiger partial charge in [-0.1, -0.05) is 17.3 Å². The van der Waals surface area contributed by atoms with Crippen molar-refractivity contribution in [1.29, 1.82) is 0 Å². The number of para-hydroxylation sites is 1. The number of nitrogens with two attached hydrogens (primary N) is 1. The summed E-state index contributed by atoms with van der Waals surface area (Å²) in [6.07, 6.45) is 0. The predicted molar refractivity (Wildman–Crippen MR) is 98.2 cm³/mol. The van der Waals surface area contributed by atoms with Crippen LogP contribution in [0.3, 0.4) is 0 Å². The van der Waals surface area contributed by atoms with Crippen molar-refractivity contribution < 1.29 is 9.84 Å². The van der Waals surface area contributed by atoms with E-state index in [1.165, 1.54) is 7.11 Å². The van der Waals surface area contributed by atoms with Gasteiger partial charge in [0.25, 0.3) is 0 Å². The fourth-order valence-electron chi connectivity index (χ4n) is 2.42. The average Bonchev–Trinajstić information content (AvgIpc) is 3.00. The highest BCUT2D eigenvalue weighted by Crippen LogP contribution is 2.30. The Kier molecular flexibility index (Phi) is 5.03. The molecule has 0 saturated carbocycles. The van der Waals surface area contributed by atoms with Gasteiger partial charge in [0.2, 0.25) is 5.95 Å². The van der Waals surface area contributed by atoms with Gasteiger partial charge in [-0.25, -0.2) is 4.68 Å². The number of phenols is 1. The van der Waals surface area contributed by atoms with Crippen molar-refractivity contribution >= 4 is 22.9 Å². The van der Waals surface area contributed by atoms with Crippen LogP contribution in [0.2, 0.25) is 0 Å². The molecule has 2 heterocycles. The molecule has 26 heavy (non-hydrogen) atoms. The summed E-state index contributed by atoms with van der Waals surface area (Å²) in [4.78, 5) is 8.87. The number of hydrogen-bond acceptors (Lipinski definition) is 9. The fraction of sp³-hybridized carbons (Fsp3) is 0.375. The summed E-state index contributed by atoms with van der Waals surface area (Å²) in [5, 5.41) is 24.6. The van der Waals surface area contributed by atoms with Crippen LogP contribution in [0.15, 0.2) is 18.2 Å². The third-order valence-corrected chi connectivity index (χ3v) is 3.78. The first kappa shape index (κ1) is 17.7. The van der Waals surface area contributed by atoms with Gasteiger partial charge in [0.15, 0.2) is 28.5 Å². The van der Waals surface area contributed by atoms with E-state index in [-0.39, 0.29) is 11.8 Å². The van der Waals surface area contributed by atoms with Crippen LogP contribution in [0.5, 0.6) is 11.5 Å². The van der Waals surface area contributed by atoms with Gasteiger partial charge in [-0.15, -0.1) is 5.10 Å². The lowest BCUT2D eigenvalue weighted by atomic mass is 10.2. The molecular weight excluding hydrogens is 336 g/mol. The molecule has 1 unspecified atom stereocenters. The standard InChI is InChI=1S/C16H22N8O2/c1-9(17)7-19-16-20-14(12-15(21-16)24(2)23-22-12)18-8-10-5-4-6-11(26-3)13(10)25/h4-6,9,25H,7-8,17H2,1-3H3,(H2,18,19,20,21). The van der Waals surface area contributed by atoms with Gasteiger partial charge in [0.1, 0.15) is 0 Å². The number of methoxy groups -OCH3 is 1. The van der Waals surface area contributed by atoms with E-state index in [1.807, 2.05) is 13.0 Å². The van der Waals surface area contributed by atoms with Crippen LogP contribution >= 0.6 is 0 Å². The lowest BCUT2D eigenvalue weighted by Gasteiger charge is -2.12. The SMILES string of the molecule is COc1cccc(CNc2nc(NCC(C)N)nc3c2nnn3C)c1O. The second-order valence-corrected chi connectivity index (χ2v) is 5.96. The van der Waals surface area contributed by atoms with E-state index in [1.54, 1.807) is 23.9 Å². The number of aryl methyl sites for hydroxylation is 1. The summed E-state index contributed by atoms with van der Waals surface area (Å²) in [6.45, 7) is 2.76. The van der Waals surface area contributed by atoms with Crippen molar-refractivity contribution in [2.75, 3.05) is 24.3 Å². The number of phenolic OH excluding ortho intramolecular Hbond substituents is 1. The molecule has 138 valence electrons. The number of benzene rings is 1. The second kappa shape index (κ2) is 7.40. The molecule has 0 aliphatic heterocycles. The minimum Gasteiger partial charge on any atom is -0.504 e. The summed E-state index contributed by atoms with van der Waals surface area (Å²) >= 11 is 0. The van der Waals surface area contributed by atoms with Gasteiger partial charge in [-0.2, -0.15) is 9.97 Å². The molecule has 0 bridgehead atoms. The lowest BCUT2D eigenvalue weighted by Crippen LogP contribution is -2.26. The molecule has 2 aromatic heterocycles. The maximum Gasteiger partial charge on any atom is 0.226 e. The van der Waals surface area contributed by atoms with Crippen LogP contribution in [-0.2, 0) is 13.6 Å². The van der Waals surface area contributed by atoms with Crippen molar-refractivity contribution in [3.8, 4) is 11.5 Å². The number of anilines is 2. The number of rotatable bonds is 7. The normalized spacial score (nSPS) is 12.2. The number of nitrogens with one attached hydrogen (secondary N) is 2. The van der Waals surface area contributed by atoms with E-state index in [0.29, 0.717) is 47.3 Å². The molecule has 3 aromatic rings. The highest BCUT2D eigenvalue weighted by molar-refractivity contribution is 5.83. The van der Waals surface area contributed by atoms with E-state index in [9.17, 15) is 5.11 Å². The first-order valence-corrected chi connectivity index (χ1v) is 8.15. The third kappa shape index (κ3) is 3.59. The third-order valence-electron chi connectivity index (χ3n) is 3.78. The van der Waals surface area contributed by atoms with Crippen LogP contribution in [-0.4, -0.2) is 49.8 Å². The minimum atomic E-state index is -0.0379. The van der Waals surface area contributed by atoms with Crippen LogP contribution in [0.1, 0.15) is 12.5 Å². The molecule has 0 aliphatic rings. The number of aromatic nitrogens is 5. The number of hydrogen-bond donors (Lipinski definition) is 4. The van der Waals surface area contributed by atoms with Crippen LogP contribution in [0, 0.1) is 0 Å². The Labute approximate surface area is 150 Å². The minimum absolute atomic E-state index is 0.0379. The largest absolute Gasteiger partial charge is 0.504 e. The summed E-state index contributed by atoms with van der Waals surface area (Å²) in [5.41, 5.74) is 7.58. The summed E-state index contributed by atoms with van der Waals surface area (Å²) in [6, 6.07) is 5.27. The monoisotopic (exact) mass is 358 g/mol. The topological polar surface area (TPSA) is 136 Å². The average molecular weight is 358 g/mol. The first-order chi connectivity index (χ1) is 12.5. The Hall–Kier alpha value is -3.14. The number of aromatic hydroxyl groups is 1. The molecule has 0 amide bonds. The lowest BCUT2D eigenvalue weighted by molar-refractivity contribution is 0.371. The molecule has 0 aliphatic carbocycles. The van der Waals surface area contributed by atoms with Crippen molar-refractivity contribution in [1.82, 2.24) is 25.0 Å². The van der Waals surface area contributed by atoms with Gasteiger partial charge in [0, 0.05) is 31.7 Å². The van der Waals surface area contributed by atoms with E-state index >= 15 is 0 Å². The quantitative estimate of drug-likeness (QED) is 0.484. The maximum absolute atomic E-state index is 10.2. The molecule has 10 heteroatoms. The summed E-state index contributed by atoms with van der Waals surface area (Å²) < 4.78 is 6.71. The van der Waals surface area contributed by atoms with Crippen LogP contribution in [0.25, 0.3) is 11.2 Å². The van der Waals surface area contributed by atoms with E-state index in [0.717, 1.165) is 0 Å². The fourth-order valence-corrected chi connectivity index (χ4v) is 2.42. The zero-order valence-corrected chi connectivity index (χ0v) is 14.9. The van der Waals surface area contributed by atoms with Gasteiger partial charge < -0.3 is 26.2 Å². The predicted octanol–water partition coefficient (Wildman–Crippen LogP) is 0.844. The Bertz CT molecular complexity index is 909. The van der Waals surface area contributed by atoms with Crippen molar-refractivity contribution in [2.45, 2.75) is 19.5 Å². The Balaban J connectivity index is 1.89. The zero-order chi connectivity index (χ0) is 18.7. The number of nitrogens with zero attached hydrogens (tertiary/aromatic N) is 5. The number of fused-ring (bicyclic) bond motifs is 1. The summed E-state index contributed by atoms with van der Waals surface area (Å²) in [5.74, 6) is 1.44. The first-order valence-electron chi connectivity index (χ1n) is 8.15. The van der Waals surface area contributed by atoms with Crippen molar-refractivity contribution in [3.05, 3.63) is 23.8 Å². The molecule has 0 radical (unpaired) electrons. The molecule has 1 atom stereocenters.